The van der Waals surface area contributed by atoms with E-state index >= 15 is 0 Å². The molecule has 0 aromatic heterocycles. The Morgan fingerprint density at radius 1 is 1.35 bits per heavy atom. The molecule has 5 nitrogen and oxygen atoms in total. The first-order chi connectivity index (χ1) is 7.99. The molecule has 0 atom stereocenters. The molecule has 6 heteroatoms. The van der Waals surface area contributed by atoms with E-state index in [4.69, 9.17) is 23.7 Å². The molecule has 0 bridgehead atoms. The van der Waals surface area contributed by atoms with Crippen LogP contribution in [0.4, 0.5) is 0 Å². The molecule has 1 saturated carbocycles. The topological polar surface area (TPSA) is 84.4 Å². The minimum absolute atomic E-state index is 0.0971. The Morgan fingerprint density at radius 3 is 2.59 bits per heavy atom. The smallest absolute Gasteiger partial charge is 0.231 e. The number of thiocarbonyl (C=S) groups is 1. The summed E-state index contributed by atoms with van der Waals surface area (Å²) >= 11 is 5.16. The van der Waals surface area contributed by atoms with Gasteiger partial charge in [0.1, 0.15) is 0 Å². The van der Waals surface area contributed by atoms with Crippen LogP contribution in [-0.2, 0) is 4.79 Å². The predicted molar refractivity (Wildman–Crippen MR) is 69.7 cm³/mol. The summed E-state index contributed by atoms with van der Waals surface area (Å²) in [5, 5.41) is 3.01. The molecule has 1 heterocycles. The zero-order valence-electron chi connectivity index (χ0n) is 9.95. The van der Waals surface area contributed by atoms with E-state index in [1.807, 2.05) is 0 Å². The van der Waals surface area contributed by atoms with E-state index in [1.54, 1.807) is 4.90 Å². The fourth-order valence-corrected chi connectivity index (χ4v) is 3.01. The standard InChI is InChI=1S/C11H20N4OS/c12-11(13)6-9(16)14-10(17)15(11)7-8-4-2-1-3-5-8/h8H,1-7,12-13H2,(H,14,16,17). The summed E-state index contributed by atoms with van der Waals surface area (Å²) in [5.41, 5.74) is 12.0. The fraction of sp³-hybridized carbons (Fsp3) is 0.818. The molecule has 1 saturated heterocycles. The first-order valence-electron chi connectivity index (χ1n) is 6.18. The van der Waals surface area contributed by atoms with E-state index in [9.17, 15) is 4.79 Å². The summed E-state index contributed by atoms with van der Waals surface area (Å²) in [6.45, 7) is 0.756. The van der Waals surface area contributed by atoms with Crippen LogP contribution in [0.2, 0.25) is 0 Å². The largest absolute Gasteiger partial charge is 0.318 e. The zero-order valence-corrected chi connectivity index (χ0v) is 10.8. The third-order valence-electron chi connectivity index (χ3n) is 3.60. The van der Waals surface area contributed by atoms with Gasteiger partial charge in [0.15, 0.2) is 10.9 Å². The fourth-order valence-electron chi connectivity index (χ4n) is 2.65. The molecule has 1 aliphatic carbocycles. The normalized spacial score (nSPS) is 25.9. The van der Waals surface area contributed by atoms with Crippen LogP contribution in [0, 0.1) is 5.92 Å². The Hall–Kier alpha value is -0.720. The van der Waals surface area contributed by atoms with E-state index in [0.29, 0.717) is 11.0 Å². The van der Waals surface area contributed by atoms with E-state index in [1.165, 1.54) is 32.1 Å². The quantitative estimate of drug-likeness (QED) is 0.487. The van der Waals surface area contributed by atoms with Crippen molar-refractivity contribution in [1.82, 2.24) is 10.2 Å². The number of rotatable bonds is 2. The van der Waals surface area contributed by atoms with Gasteiger partial charge in [-0.05, 0) is 31.0 Å². The molecular formula is C11H20N4OS. The van der Waals surface area contributed by atoms with Gasteiger partial charge in [-0.15, -0.1) is 0 Å². The lowest BCUT2D eigenvalue weighted by Crippen LogP contribution is -2.72. The molecule has 2 fully saturated rings. The summed E-state index contributed by atoms with van der Waals surface area (Å²) in [4.78, 5) is 13.1. The minimum Gasteiger partial charge on any atom is -0.318 e. The first kappa shape index (κ1) is 12.7. The molecule has 0 unspecified atom stereocenters. The van der Waals surface area contributed by atoms with Crippen LogP contribution in [0.25, 0.3) is 0 Å². The van der Waals surface area contributed by atoms with Crippen molar-refractivity contribution in [3.05, 3.63) is 0 Å². The Morgan fingerprint density at radius 2 is 2.00 bits per heavy atom. The van der Waals surface area contributed by atoms with E-state index < -0.39 is 5.79 Å². The molecule has 5 N–H and O–H groups in total. The molecule has 17 heavy (non-hydrogen) atoms. The Bertz CT molecular complexity index is 325. The SMILES string of the molecule is NC1(N)CC(=O)NC(=S)N1CC1CCCCC1. The van der Waals surface area contributed by atoms with Crippen molar-refractivity contribution in [2.75, 3.05) is 6.54 Å². The van der Waals surface area contributed by atoms with Crippen LogP contribution in [0.1, 0.15) is 38.5 Å². The van der Waals surface area contributed by atoms with Crippen LogP contribution in [0.5, 0.6) is 0 Å². The molecule has 96 valence electrons. The molecule has 0 aromatic rings. The van der Waals surface area contributed by atoms with Crippen molar-refractivity contribution >= 4 is 23.2 Å². The maximum absolute atomic E-state index is 11.3. The highest BCUT2D eigenvalue weighted by Gasteiger charge is 2.38. The Kier molecular flexibility index (Phi) is 3.65. The lowest BCUT2D eigenvalue weighted by molar-refractivity contribution is -0.124. The van der Waals surface area contributed by atoms with Crippen LogP contribution < -0.4 is 16.8 Å². The number of nitrogens with one attached hydrogen (secondary N) is 1. The molecular weight excluding hydrogens is 236 g/mol. The second-order valence-corrected chi connectivity index (χ2v) is 5.52. The van der Waals surface area contributed by atoms with Gasteiger partial charge in [-0.3, -0.25) is 16.3 Å². The highest BCUT2D eigenvalue weighted by molar-refractivity contribution is 7.80. The molecule has 1 aliphatic heterocycles. The van der Waals surface area contributed by atoms with Gasteiger partial charge in [-0.2, -0.15) is 0 Å². The zero-order chi connectivity index (χ0) is 12.5. The van der Waals surface area contributed by atoms with Gasteiger partial charge in [0.25, 0.3) is 0 Å². The van der Waals surface area contributed by atoms with Crippen molar-refractivity contribution < 1.29 is 4.79 Å². The number of nitrogens with zero attached hydrogens (tertiary/aromatic N) is 1. The van der Waals surface area contributed by atoms with E-state index in [0.717, 1.165) is 6.54 Å². The predicted octanol–water partition coefficient (Wildman–Crippen LogP) is 0.245. The molecule has 2 aliphatic rings. The lowest BCUT2D eigenvalue weighted by Gasteiger charge is -2.44. The van der Waals surface area contributed by atoms with E-state index in [2.05, 4.69) is 5.32 Å². The van der Waals surface area contributed by atoms with Crippen molar-refractivity contribution in [3.63, 3.8) is 0 Å². The number of hydrogen-bond acceptors (Lipinski definition) is 4. The van der Waals surface area contributed by atoms with Gasteiger partial charge in [0.05, 0.1) is 6.42 Å². The van der Waals surface area contributed by atoms with Crippen LogP contribution in [-0.4, -0.2) is 28.3 Å². The number of carbonyl (C=O) groups excluding carboxylic acids is 1. The average molecular weight is 256 g/mol. The third kappa shape index (κ3) is 2.94. The third-order valence-corrected chi connectivity index (χ3v) is 3.93. The second-order valence-electron chi connectivity index (χ2n) is 5.14. The van der Waals surface area contributed by atoms with Crippen molar-refractivity contribution in [2.24, 2.45) is 17.4 Å². The monoisotopic (exact) mass is 256 g/mol. The lowest BCUT2D eigenvalue weighted by atomic mass is 9.88. The second kappa shape index (κ2) is 4.88. The Balaban J connectivity index is 2.02. The molecule has 1 amide bonds. The first-order valence-corrected chi connectivity index (χ1v) is 6.59. The van der Waals surface area contributed by atoms with Gasteiger partial charge in [-0.25, -0.2) is 0 Å². The summed E-state index contributed by atoms with van der Waals surface area (Å²) in [6.07, 6.45) is 6.33. The Labute approximate surface area is 107 Å². The highest BCUT2D eigenvalue weighted by Crippen LogP contribution is 2.26. The molecule has 0 radical (unpaired) electrons. The van der Waals surface area contributed by atoms with Gasteiger partial charge in [-0.1, -0.05) is 19.3 Å². The van der Waals surface area contributed by atoms with Gasteiger partial charge < -0.3 is 10.2 Å². The summed E-state index contributed by atoms with van der Waals surface area (Å²) in [6, 6.07) is 0. The summed E-state index contributed by atoms with van der Waals surface area (Å²) in [7, 11) is 0. The minimum atomic E-state index is -1.13. The van der Waals surface area contributed by atoms with Gasteiger partial charge in [0.2, 0.25) is 5.91 Å². The van der Waals surface area contributed by atoms with Crippen molar-refractivity contribution in [2.45, 2.75) is 44.3 Å². The number of amides is 1. The van der Waals surface area contributed by atoms with Gasteiger partial charge in [0, 0.05) is 6.54 Å². The average Bonchev–Trinajstić information content (AvgIpc) is 2.24. The van der Waals surface area contributed by atoms with Crippen molar-refractivity contribution in [1.29, 1.82) is 0 Å². The van der Waals surface area contributed by atoms with Crippen LogP contribution in [0.3, 0.4) is 0 Å². The summed E-state index contributed by atoms with van der Waals surface area (Å²) in [5.74, 6) is -0.736. The van der Waals surface area contributed by atoms with Crippen molar-refractivity contribution in [3.8, 4) is 0 Å². The van der Waals surface area contributed by atoms with Crippen LogP contribution >= 0.6 is 12.2 Å². The van der Waals surface area contributed by atoms with E-state index in [-0.39, 0.29) is 12.3 Å². The number of carbonyl (C=O) groups is 1. The summed E-state index contributed by atoms with van der Waals surface area (Å²) < 4.78 is 0. The molecule has 0 aromatic carbocycles. The maximum Gasteiger partial charge on any atom is 0.231 e. The van der Waals surface area contributed by atoms with Gasteiger partial charge >= 0.3 is 0 Å². The maximum atomic E-state index is 11.3. The molecule has 2 rings (SSSR count). The number of hydrogen-bond donors (Lipinski definition) is 3. The number of nitrogens with two attached hydrogens (primary N) is 2. The highest BCUT2D eigenvalue weighted by atomic mass is 32.1. The van der Waals surface area contributed by atoms with Crippen LogP contribution in [0.15, 0.2) is 0 Å². The molecule has 0 spiro atoms.